The molecule has 1 atom stereocenters. The van der Waals surface area contributed by atoms with Gasteiger partial charge < -0.3 is 14.8 Å². The minimum atomic E-state index is -0.522. The monoisotopic (exact) mass is 383 g/mol. The van der Waals surface area contributed by atoms with Crippen LogP contribution in [-0.4, -0.2) is 25.2 Å². The average molecular weight is 384 g/mol. The molecule has 0 heterocycles. The molecular formula is C24H33NO3. The van der Waals surface area contributed by atoms with Crippen molar-refractivity contribution in [2.75, 3.05) is 13.2 Å². The molecule has 2 aromatic carbocycles. The lowest BCUT2D eigenvalue weighted by Gasteiger charge is -2.20. The molecule has 28 heavy (non-hydrogen) atoms. The summed E-state index contributed by atoms with van der Waals surface area (Å²) >= 11 is 0. The lowest BCUT2D eigenvalue weighted by molar-refractivity contribution is -0.127. The third-order valence-corrected chi connectivity index (χ3v) is 4.58. The van der Waals surface area contributed by atoms with Gasteiger partial charge in [0.2, 0.25) is 0 Å². The fraction of sp³-hybridized carbons (Fsp3) is 0.458. The van der Waals surface area contributed by atoms with Crippen LogP contribution in [-0.2, 0) is 16.6 Å². The van der Waals surface area contributed by atoms with E-state index in [0.29, 0.717) is 18.9 Å². The van der Waals surface area contributed by atoms with Gasteiger partial charge in [-0.05, 0) is 67.5 Å². The molecule has 0 fully saturated rings. The van der Waals surface area contributed by atoms with Crippen LogP contribution in [0.1, 0.15) is 52.2 Å². The van der Waals surface area contributed by atoms with E-state index in [1.165, 1.54) is 11.1 Å². The molecule has 0 aliphatic rings. The standard InChI is InChI=1S/C24H33NO3/c1-6-27-21-13-9-19(10-14-21)8-7-17-25-23(26)18(2)28-22-15-11-20(12-16-22)24(3,4)5/h9-16,18H,6-8,17H2,1-5H3,(H,25,26)/t18-/m0/s1. The van der Waals surface area contributed by atoms with Crippen molar-refractivity contribution in [3.8, 4) is 11.5 Å². The van der Waals surface area contributed by atoms with E-state index in [-0.39, 0.29) is 11.3 Å². The zero-order valence-electron chi connectivity index (χ0n) is 17.7. The molecule has 0 bridgehead atoms. The Morgan fingerprint density at radius 3 is 2.18 bits per heavy atom. The molecule has 0 radical (unpaired) electrons. The van der Waals surface area contributed by atoms with E-state index in [1.807, 2.05) is 31.2 Å². The van der Waals surface area contributed by atoms with Crippen LogP contribution < -0.4 is 14.8 Å². The topological polar surface area (TPSA) is 47.6 Å². The van der Waals surface area contributed by atoms with Gasteiger partial charge in [-0.15, -0.1) is 0 Å². The van der Waals surface area contributed by atoms with Gasteiger partial charge in [0.05, 0.1) is 6.61 Å². The van der Waals surface area contributed by atoms with Crippen LogP contribution in [0.3, 0.4) is 0 Å². The van der Waals surface area contributed by atoms with Crippen LogP contribution in [0, 0.1) is 0 Å². The molecule has 0 aliphatic heterocycles. The molecule has 2 aromatic rings. The molecule has 4 nitrogen and oxygen atoms in total. The second-order valence-electron chi connectivity index (χ2n) is 8.01. The number of ether oxygens (including phenoxy) is 2. The fourth-order valence-corrected chi connectivity index (χ4v) is 2.86. The van der Waals surface area contributed by atoms with E-state index in [1.54, 1.807) is 6.92 Å². The molecule has 1 N–H and O–H groups in total. The molecular weight excluding hydrogens is 350 g/mol. The fourth-order valence-electron chi connectivity index (χ4n) is 2.86. The van der Waals surface area contributed by atoms with E-state index in [9.17, 15) is 4.79 Å². The van der Waals surface area contributed by atoms with Crippen LogP contribution in [0.25, 0.3) is 0 Å². The molecule has 0 spiro atoms. The summed E-state index contributed by atoms with van der Waals surface area (Å²) in [4.78, 5) is 12.2. The molecule has 4 heteroatoms. The van der Waals surface area contributed by atoms with E-state index in [2.05, 4.69) is 50.4 Å². The third-order valence-electron chi connectivity index (χ3n) is 4.58. The highest BCUT2D eigenvalue weighted by Crippen LogP contribution is 2.24. The first-order valence-corrected chi connectivity index (χ1v) is 10.1. The summed E-state index contributed by atoms with van der Waals surface area (Å²) in [6.07, 6.45) is 1.27. The number of hydrogen-bond donors (Lipinski definition) is 1. The van der Waals surface area contributed by atoms with Gasteiger partial charge in [-0.2, -0.15) is 0 Å². The lowest BCUT2D eigenvalue weighted by Crippen LogP contribution is -2.36. The summed E-state index contributed by atoms with van der Waals surface area (Å²) in [5.41, 5.74) is 2.58. The van der Waals surface area contributed by atoms with E-state index < -0.39 is 6.10 Å². The number of carbonyl (C=O) groups excluding carboxylic acids is 1. The second kappa shape index (κ2) is 10.2. The lowest BCUT2D eigenvalue weighted by atomic mass is 9.87. The predicted octanol–water partition coefficient (Wildman–Crippen LogP) is 4.90. The van der Waals surface area contributed by atoms with Crippen molar-refractivity contribution in [1.29, 1.82) is 0 Å². The number of hydrogen-bond acceptors (Lipinski definition) is 3. The van der Waals surface area contributed by atoms with Crippen molar-refractivity contribution >= 4 is 5.91 Å². The second-order valence-corrected chi connectivity index (χ2v) is 8.01. The van der Waals surface area contributed by atoms with E-state index in [4.69, 9.17) is 9.47 Å². The largest absolute Gasteiger partial charge is 0.494 e. The molecule has 0 aromatic heterocycles. The molecule has 0 aliphatic carbocycles. The first-order chi connectivity index (χ1) is 13.3. The van der Waals surface area contributed by atoms with Crippen molar-refractivity contribution < 1.29 is 14.3 Å². The summed E-state index contributed by atoms with van der Waals surface area (Å²) < 4.78 is 11.2. The normalized spacial score (nSPS) is 12.3. The van der Waals surface area contributed by atoms with Crippen molar-refractivity contribution in [3.63, 3.8) is 0 Å². The van der Waals surface area contributed by atoms with Gasteiger partial charge in [-0.25, -0.2) is 0 Å². The van der Waals surface area contributed by atoms with Crippen LogP contribution in [0.15, 0.2) is 48.5 Å². The minimum Gasteiger partial charge on any atom is -0.494 e. The highest BCUT2D eigenvalue weighted by molar-refractivity contribution is 5.80. The van der Waals surface area contributed by atoms with Gasteiger partial charge in [0.1, 0.15) is 11.5 Å². The van der Waals surface area contributed by atoms with Crippen molar-refractivity contribution in [2.45, 2.75) is 59.0 Å². The molecule has 0 unspecified atom stereocenters. The number of carbonyl (C=O) groups is 1. The van der Waals surface area contributed by atoms with Gasteiger partial charge >= 0.3 is 0 Å². The molecule has 0 saturated carbocycles. The molecule has 1 amide bonds. The van der Waals surface area contributed by atoms with Gasteiger partial charge in [0.25, 0.3) is 5.91 Å². The SMILES string of the molecule is CCOc1ccc(CCCNC(=O)[C@H](C)Oc2ccc(C(C)(C)C)cc2)cc1. The van der Waals surface area contributed by atoms with Crippen molar-refractivity contribution in [2.24, 2.45) is 0 Å². The molecule has 0 saturated heterocycles. The number of nitrogens with one attached hydrogen (secondary N) is 1. The molecule has 2 rings (SSSR count). The first kappa shape index (κ1) is 21.8. The van der Waals surface area contributed by atoms with Crippen LogP contribution in [0.4, 0.5) is 0 Å². The Bertz CT molecular complexity index is 730. The average Bonchev–Trinajstić information content (AvgIpc) is 2.66. The van der Waals surface area contributed by atoms with E-state index in [0.717, 1.165) is 18.6 Å². The predicted molar refractivity (Wildman–Crippen MR) is 114 cm³/mol. The zero-order valence-corrected chi connectivity index (χ0v) is 17.7. The Hall–Kier alpha value is -2.49. The van der Waals surface area contributed by atoms with Crippen molar-refractivity contribution in [1.82, 2.24) is 5.32 Å². The summed E-state index contributed by atoms with van der Waals surface area (Å²) in [6.45, 7) is 11.6. The number of rotatable bonds is 9. The Kier molecular flexibility index (Phi) is 7.91. The maximum Gasteiger partial charge on any atom is 0.260 e. The highest BCUT2D eigenvalue weighted by Gasteiger charge is 2.16. The minimum absolute atomic E-state index is 0.0911. The Morgan fingerprint density at radius 2 is 1.61 bits per heavy atom. The van der Waals surface area contributed by atoms with Crippen LogP contribution in [0.2, 0.25) is 0 Å². The maximum atomic E-state index is 12.2. The summed E-state index contributed by atoms with van der Waals surface area (Å²) in [7, 11) is 0. The van der Waals surface area contributed by atoms with Gasteiger partial charge in [0, 0.05) is 6.54 Å². The smallest absolute Gasteiger partial charge is 0.260 e. The van der Waals surface area contributed by atoms with Gasteiger partial charge in [0.15, 0.2) is 6.10 Å². The number of aryl methyl sites for hydroxylation is 1. The first-order valence-electron chi connectivity index (χ1n) is 10.1. The quantitative estimate of drug-likeness (QED) is 0.627. The van der Waals surface area contributed by atoms with Crippen LogP contribution >= 0.6 is 0 Å². The van der Waals surface area contributed by atoms with Crippen LogP contribution in [0.5, 0.6) is 11.5 Å². The summed E-state index contributed by atoms with van der Waals surface area (Å²) in [5.74, 6) is 1.51. The summed E-state index contributed by atoms with van der Waals surface area (Å²) in [5, 5.41) is 2.95. The highest BCUT2D eigenvalue weighted by atomic mass is 16.5. The Balaban J connectivity index is 1.72. The zero-order chi connectivity index (χ0) is 20.6. The number of benzene rings is 2. The number of amides is 1. The van der Waals surface area contributed by atoms with Gasteiger partial charge in [-0.1, -0.05) is 45.0 Å². The molecule has 152 valence electrons. The maximum absolute atomic E-state index is 12.2. The van der Waals surface area contributed by atoms with E-state index >= 15 is 0 Å². The Morgan fingerprint density at radius 1 is 1.00 bits per heavy atom. The van der Waals surface area contributed by atoms with Gasteiger partial charge in [-0.3, -0.25) is 4.79 Å². The summed E-state index contributed by atoms with van der Waals surface area (Å²) in [6, 6.07) is 16.1. The van der Waals surface area contributed by atoms with Crippen molar-refractivity contribution in [3.05, 3.63) is 59.7 Å². The Labute approximate surface area is 169 Å². The third kappa shape index (κ3) is 6.91.